The van der Waals surface area contributed by atoms with E-state index in [1.54, 1.807) is 7.05 Å². The molecule has 0 bridgehead atoms. The third-order valence-electron chi connectivity index (χ3n) is 2.46. The molecule has 2 unspecified atom stereocenters. The second kappa shape index (κ2) is 4.62. The monoisotopic (exact) mass is 239 g/mol. The number of aromatic amines is 2. The van der Waals surface area contributed by atoms with Crippen LogP contribution in [0.3, 0.4) is 0 Å². The smallest absolute Gasteiger partial charge is 0.262 e. The number of nitrogens with zero attached hydrogens (tertiary/aromatic N) is 2. The summed E-state index contributed by atoms with van der Waals surface area (Å²) in [6.45, 7) is 0.194. The number of hydrogen-bond donors (Lipinski definition) is 5. The summed E-state index contributed by atoms with van der Waals surface area (Å²) in [4.78, 5) is 17.8. The van der Waals surface area contributed by atoms with Crippen molar-refractivity contribution in [2.45, 2.75) is 12.2 Å². The fourth-order valence-corrected chi connectivity index (χ4v) is 1.61. The van der Waals surface area contributed by atoms with Gasteiger partial charge in [-0.15, -0.1) is 0 Å². The summed E-state index contributed by atoms with van der Waals surface area (Å²) in [5, 5.41) is 28.7. The van der Waals surface area contributed by atoms with Crippen molar-refractivity contribution in [2.24, 2.45) is 0 Å². The molecule has 2 rings (SSSR count). The Kier molecular flexibility index (Phi) is 3.18. The van der Waals surface area contributed by atoms with Gasteiger partial charge in [0.25, 0.3) is 5.56 Å². The summed E-state index contributed by atoms with van der Waals surface area (Å²) in [7, 11) is 1.65. The number of nitrogens with one attached hydrogen (secondary N) is 3. The lowest BCUT2D eigenvalue weighted by molar-refractivity contribution is 0.0184. The number of H-pyrrole nitrogens is 2. The summed E-state index contributed by atoms with van der Waals surface area (Å²) >= 11 is 0. The largest absolute Gasteiger partial charge is 0.389 e. The molecule has 8 heteroatoms. The van der Waals surface area contributed by atoms with Crippen molar-refractivity contribution in [3.05, 3.63) is 22.4 Å². The van der Waals surface area contributed by atoms with E-state index in [-0.39, 0.29) is 23.3 Å². The van der Waals surface area contributed by atoms with Gasteiger partial charge in [-0.25, -0.2) is 4.98 Å². The van der Waals surface area contributed by atoms with Crippen LogP contribution in [0.15, 0.2) is 11.1 Å². The summed E-state index contributed by atoms with van der Waals surface area (Å²) in [6, 6.07) is 0. The standard InChI is InChI=1S/C9H13N5O3/c1-10-2-4(15)7(16)6-5-8(14-13-6)11-3-12-9(5)17/h3-4,7,10,15-16H,2H2,1H3,(H2,11,12,13,14,17). The van der Waals surface area contributed by atoms with Gasteiger partial charge in [0.2, 0.25) is 0 Å². The highest BCUT2D eigenvalue weighted by Gasteiger charge is 2.23. The first-order chi connectivity index (χ1) is 8.15. The van der Waals surface area contributed by atoms with Gasteiger partial charge in [0.05, 0.1) is 18.1 Å². The number of aliphatic hydroxyl groups is 2. The van der Waals surface area contributed by atoms with Gasteiger partial charge < -0.3 is 20.5 Å². The Bertz CT molecular complexity index is 563. The molecule has 8 nitrogen and oxygen atoms in total. The van der Waals surface area contributed by atoms with E-state index >= 15 is 0 Å². The van der Waals surface area contributed by atoms with Gasteiger partial charge >= 0.3 is 0 Å². The molecule has 2 heterocycles. The zero-order chi connectivity index (χ0) is 12.4. The molecule has 0 aromatic carbocycles. The molecule has 92 valence electrons. The Balaban J connectivity index is 2.45. The zero-order valence-corrected chi connectivity index (χ0v) is 9.14. The van der Waals surface area contributed by atoms with Gasteiger partial charge in [0.15, 0.2) is 5.65 Å². The highest BCUT2D eigenvalue weighted by atomic mass is 16.3. The molecule has 0 amide bonds. The van der Waals surface area contributed by atoms with Crippen LogP contribution in [0.2, 0.25) is 0 Å². The molecule has 0 spiro atoms. The maximum atomic E-state index is 11.6. The minimum Gasteiger partial charge on any atom is -0.389 e. The van der Waals surface area contributed by atoms with E-state index in [1.165, 1.54) is 6.33 Å². The van der Waals surface area contributed by atoms with Gasteiger partial charge in [-0.1, -0.05) is 0 Å². The fraction of sp³-hybridized carbons (Fsp3) is 0.444. The van der Waals surface area contributed by atoms with Crippen LogP contribution in [0.4, 0.5) is 0 Å². The first-order valence-corrected chi connectivity index (χ1v) is 5.07. The second-order valence-electron chi connectivity index (χ2n) is 3.64. The number of aromatic nitrogens is 4. The SMILES string of the molecule is CNCC(O)C(O)c1[nH]nc2nc[nH]c(=O)c12. The van der Waals surface area contributed by atoms with E-state index < -0.39 is 17.8 Å². The van der Waals surface area contributed by atoms with E-state index in [0.717, 1.165) is 0 Å². The summed E-state index contributed by atoms with van der Waals surface area (Å²) in [5.41, 5.74) is -0.0361. The lowest BCUT2D eigenvalue weighted by Gasteiger charge is -2.15. The van der Waals surface area contributed by atoms with E-state index in [1.807, 2.05) is 0 Å². The first-order valence-electron chi connectivity index (χ1n) is 5.07. The van der Waals surface area contributed by atoms with Gasteiger partial charge in [0.1, 0.15) is 11.5 Å². The quantitative estimate of drug-likeness (QED) is 0.431. The number of likely N-dealkylation sites (N-methyl/N-ethyl adjacent to an activating group) is 1. The van der Waals surface area contributed by atoms with Crippen LogP contribution < -0.4 is 10.9 Å². The van der Waals surface area contributed by atoms with Gasteiger partial charge in [-0.3, -0.25) is 9.89 Å². The highest BCUT2D eigenvalue weighted by molar-refractivity contribution is 5.76. The van der Waals surface area contributed by atoms with Gasteiger partial charge in [0, 0.05) is 6.54 Å². The predicted molar refractivity (Wildman–Crippen MR) is 59.4 cm³/mol. The zero-order valence-electron chi connectivity index (χ0n) is 9.14. The third-order valence-corrected chi connectivity index (χ3v) is 2.46. The van der Waals surface area contributed by atoms with Crippen molar-refractivity contribution in [3.8, 4) is 0 Å². The van der Waals surface area contributed by atoms with E-state index in [2.05, 4.69) is 25.5 Å². The van der Waals surface area contributed by atoms with Gasteiger partial charge in [-0.05, 0) is 7.05 Å². The van der Waals surface area contributed by atoms with Crippen LogP contribution in [-0.2, 0) is 0 Å². The highest BCUT2D eigenvalue weighted by Crippen LogP contribution is 2.19. The van der Waals surface area contributed by atoms with Crippen LogP contribution >= 0.6 is 0 Å². The van der Waals surface area contributed by atoms with Crippen LogP contribution in [0.1, 0.15) is 11.8 Å². The van der Waals surface area contributed by atoms with Crippen LogP contribution in [0, 0.1) is 0 Å². The van der Waals surface area contributed by atoms with E-state index in [9.17, 15) is 15.0 Å². The average molecular weight is 239 g/mol. The number of rotatable bonds is 4. The molecular weight excluding hydrogens is 226 g/mol. The number of aliphatic hydroxyl groups excluding tert-OH is 2. The normalized spacial score (nSPS) is 15.0. The first kappa shape index (κ1) is 11.7. The molecule has 0 aliphatic heterocycles. The Labute approximate surface area is 95.7 Å². The molecule has 0 saturated carbocycles. The summed E-state index contributed by atoms with van der Waals surface area (Å²) < 4.78 is 0. The second-order valence-corrected chi connectivity index (χ2v) is 3.64. The van der Waals surface area contributed by atoms with Crippen molar-refractivity contribution in [1.29, 1.82) is 0 Å². The molecule has 17 heavy (non-hydrogen) atoms. The Morgan fingerprint density at radius 2 is 2.29 bits per heavy atom. The molecule has 2 aromatic rings. The van der Waals surface area contributed by atoms with Crippen molar-refractivity contribution in [3.63, 3.8) is 0 Å². The predicted octanol–water partition coefficient (Wildman–Crippen LogP) is -1.74. The maximum Gasteiger partial charge on any atom is 0.262 e. The average Bonchev–Trinajstić information content (AvgIpc) is 2.73. The Morgan fingerprint density at radius 3 is 3.00 bits per heavy atom. The molecular formula is C9H13N5O3. The van der Waals surface area contributed by atoms with E-state index in [4.69, 9.17) is 0 Å². The molecule has 5 N–H and O–H groups in total. The Hall–Kier alpha value is -1.77. The molecule has 0 saturated heterocycles. The van der Waals surface area contributed by atoms with Crippen molar-refractivity contribution in [1.82, 2.24) is 25.5 Å². The minimum atomic E-state index is -1.22. The van der Waals surface area contributed by atoms with Crippen molar-refractivity contribution < 1.29 is 10.2 Å². The lowest BCUT2D eigenvalue weighted by atomic mass is 10.1. The summed E-state index contributed by atoms with van der Waals surface area (Å²) in [6.07, 6.45) is -1.04. The topological polar surface area (TPSA) is 127 Å². The van der Waals surface area contributed by atoms with Crippen LogP contribution in [-0.4, -0.2) is 50.1 Å². The molecule has 0 radical (unpaired) electrons. The molecule has 2 aromatic heterocycles. The number of hydrogen-bond acceptors (Lipinski definition) is 6. The van der Waals surface area contributed by atoms with Crippen molar-refractivity contribution >= 4 is 11.0 Å². The molecule has 0 fully saturated rings. The number of fused-ring (bicyclic) bond motifs is 1. The lowest BCUT2D eigenvalue weighted by Crippen LogP contribution is -2.30. The Morgan fingerprint density at radius 1 is 1.53 bits per heavy atom. The molecule has 2 atom stereocenters. The van der Waals surface area contributed by atoms with Crippen LogP contribution in [0.5, 0.6) is 0 Å². The summed E-state index contributed by atoms with van der Waals surface area (Å²) in [5.74, 6) is 0. The van der Waals surface area contributed by atoms with Gasteiger partial charge in [-0.2, -0.15) is 5.10 Å². The van der Waals surface area contributed by atoms with E-state index in [0.29, 0.717) is 0 Å². The third kappa shape index (κ3) is 2.05. The fourth-order valence-electron chi connectivity index (χ4n) is 1.61. The maximum absolute atomic E-state index is 11.6. The van der Waals surface area contributed by atoms with Crippen molar-refractivity contribution in [2.75, 3.05) is 13.6 Å². The minimum absolute atomic E-state index is 0.162. The molecule has 0 aliphatic rings. The van der Waals surface area contributed by atoms with Crippen LogP contribution in [0.25, 0.3) is 11.0 Å². The molecule has 0 aliphatic carbocycles.